The number of rotatable bonds is 7. The van der Waals surface area contributed by atoms with E-state index in [9.17, 15) is 9.59 Å². The summed E-state index contributed by atoms with van der Waals surface area (Å²) in [6, 6.07) is 20.5. The Bertz CT molecular complexity index is 995. The Kier molecular flexibility index (Phi) is 6.62. The van der Waals surface area contributed by atoms with Crippen LogP contribution in [0.5, 0.6) is 0 Å². The second-order valence-electron chi connectivity index (χ2n) is 7.16. The molecular weight excluding hydrogens is 366 g/mol. The molecule has 5 nitrogen and oxygen atoms in total. The highest BCUT2D eigenvalue weighted by atomic mass is 16.5. The number of amides is 1. The fourth-order valence-electron chi connectivity index (χ4n) is 2.79. The molecule has 3 rings (SSSR count). The fourth-order valence-corrected chi connectivity index (χ4v) is 2.79. The summed E-state index contributed by atoms with van der Waals surface area (Å²) in [5, 5.41) is 4.91. The van der Waals surface area contributed by atoms with Gasteiger partial charge < -0.3 is 14.8 Å². The van der Waals surface area contributed by atoms with Crippen molar-refractivity contribution in [3.8, 4) is 0 Å². The van der Waals surface area contributed by atoms with Crippen molar-refractivity contribution in [1.29, 1.82) is 0 Å². The average molecular weight is 391 g/mol. The van der Waals surface area contributed by atoms with Gasteiger partial charge in [0.05, 0.1) is 18.3 Å². The Hall–Kier alpha value is -3.18. The van der Waals surface area contributed by atoms with Crippen LogP contribution in [-0.4, -0.2) is 24.1 Å². The molecule has 29 heavy (non-hydrogen) atoms. The predicted octanol–water partition coefficient (Wildman–Crippen LogP) is 4.95. The molecule has 1 amide bonds. The maximum absolute atomic E-state index is 12.4. The Balaban J connectivity index is 1.57. The van der Waals surface area contributed by atoms with Gasteiger partial charge in [0.1, 0.15) is 0 Å². The number of ether oxygens (including phenoxy) is 2. The molecule has 0 heterocycles. The first-order chi connectivity index (χ1) is 13.9. The van der Waals surface area contributed by atoms with E-state index < -0.39 is 12.1 Å². The Morgan fingerprint density at radius 2 is 1.59 bits per heavy atom. The highest BCUT2D eigenvalue weighted by Gasteiger charge is 2.19. The van der Waals surface area contributed by atoms with Crippen molar-refractivity contribution < 1.29 is 19.1 Å². The molecule has 0 fully saturated rings. The minimum Gasteiger partial charge on any atom is -0.449 e. The topological polar surface area (TPSA) is 64.6 Å². The van der Waals surface area contributed by atoms with Crippen LogP contribution in [0.15, 0.2) is 66.7 Å². The van der Waals surface area contributed by atoms with E-state index in [1.807, 2.05) is 68.4 Å². The molecule has 0 spiro atoms. The van der Waals surface area contributed by atoms with Crippen LogP contribution in [0, 0.1) is 0 Å². The summed E-state index contributed by atoms with van der Waals surface area (Å²) >= 11 is 0. The third kappa shape index (κ3) is 5.65. The van der Waals surface area contributed by atoms with Crippen LogP contribution in [0.3, 0.4) is 0 Å². The summed E-state index contributed by atoms with van der Waals surface area (Å²) in [6.45, 7) is 5.98. The molecule has 0 bridgehead atoms. The van der Waals surface area contributed by atoms with Crippen molar-refractivity contribution in [3.05, 3.63) is 77.9 Å². The lowest BCUT2D eigenvalue weighted by Crippen LogP contribution is -2.30. The second-order valence-corrected chi connectivity index (χ2v) is 7.16. The standard InChI is InChI=1S/C24H25NO4/c1-16(2)28-15-18-8-10-20(11-9-18)24(27)29-17(3)23(26)25-22-13-12-19-6-4-5-7-21(19)14-22/h4-14,16-17H,15H2,1-3H3,(H,25,26)/t17-/m0/s1. The number of carbonyl (C=O) groups excluding carboxylic acids is 2. The number of esters is 1. The quantitative estimate of drug-likeness (QED) is 0.579. The molecule has 0 unspecified atom stereocenters. The van der Waals surface area contributed by atoms with Gasteiger partial charge in [0.25, 0.3) is 5.91 Å². The van der Waals surface area contributed by atoms with Gasteiger partial charge in [-0.3, -0.25) is 4.79 Å². The van der Waals surface area contributed by atoms with Crippen LogP contribution in [0.2, 0.25) is 0 Å². The van der Waals surface area contributed by atoms with Gasteiger partial charge in [-0.1, -0.05) is 42.5 Å². The summed E-state index contributed by atoms with van der Waals surface area (Å²) in [5.74, 6) is -0.918. The lowest BCUT2D eigenvalue weighted by molar-refractivity contribution is -0.123. The average Bonchev–Trinajstić information content (AvgIpc) is 2.72. The molecule has 150 valence electrons. The lowest BCUT2D eigenvalue weighted by atomic mass is 10.1. The van der Waals surface area contributed by atoms with Crippen LogP contribution >= 0.6 is 0 Å². The van der Waals surface area contributed by atoms with E-state index in [2.05, 4.69) is 5.32 Å². The molecule has 3 aromatic carbocycles. The van der Waals surface area contributed by atoms with Gasteiger partial charge in [0.2, 0.25) is 0 Å². The van der Waals surface area contributed by atoms with Gasteiger partial charge in [-0.25, -0.2) is 4.79 Å². The lowest BCUT2D eigenvalue weighted by Gasteiger charge is -2.14. The summed E-state index contributed by atoms with van der Waals surface area (Å²) in [6.07, 6.45) is -0.778. The van der Waals surface area contributed by atoms with Crippen LogP contribution < -0.4 is 5.32 Å². The normalized spacial score (nSPS) is 12.0. The molecule has 0 aliphatic carbocycles. The summed E-state index contributed by atoms with van der Waals surface area (Å²) < 4.78 is 10.9. The zero-order chi connectivity index (χ0) is 20.8. The molecule has 0 aliphatic rings. The van der Waals surface area contributed by atoms with Crippen LogP contribution in [0.4, 0.5) is 5.69 Å². The van der Waals surface area contributed by atoms with Crippen LogP contribution in [0.1, 0.15) is 36.7 Å². The minimum absolute atomic E-state index is 0.140. The van der Waals surface area contributed by atoms with Crippen molar-refractivity contribution >= 4 is 28.3 Å². The zero-order valence-corrected chi connectivity index (χ0v) is 16.8. The van der Waals surface area contributed by atoms with E-state index in [4.69, 9.17) is 9.47 Å². The first-order valence-electron chi connectivity index (χ1n) is 9.63. The highest BCUT2D eigenvalue weighted by Crippen LogP contribution is 2.19. The predicted molar refractivity (Wildman–Crippen MR) is 114 cm³/mol. The van der Waals surface area contributed by atoms with Gasteiger partial charge >= 0.3 is 5.97 Å². The van der Waals surface area contributed by atoms with Crippen molar-refractivity contribution in [2.24, 2.45) is 0 Å². The molecule has 5 heteroatoms. The molecular formula is C24H25NO4. The third-order valence-corrected chi connectivity index (χ3v) is 4.44. The molecule has 0 saturated carbocycles. The van der Waals surface area contributed by atoms with E-state index in [0.29, 0.717) is 17.9 Å². The highest BCUT2D eigenvalue weighted by molar-refractivity contribution is 5.98. The van der Waals surface area contributed by atoms with E-state index >= 15 is 0 Å². The third-order valence-electron chi connectivity index (χ3n) is 4.44. The molecule has 0 saturated heterocycles. The number of fused-ring (bicyclic) bond motifs is 1. The second kappa shape index (κ2) is 9.34. The van der Waals surface area contributed by atoms with Crippen LogP contribution in [0.25, 0.3) is 10.8 Å². The number of hydrogen-bond donors (Lipinski definition) is 1. The van der Waals surface area contributed by atoms with E-state index in [0.717, 1.165) is 16.3 Å². The molecule has 3 aromatic rings. The van der Waals surface area contributed by atoms with Gasteiger partial charge in [0.15, 0.2) is 6.10 Å². The van der Waals surface area contributed by atoms with Gasteiger partial charge in [-0.15, -0.1) is 0 Å². The van der Waals surface area contributed by atoms with E-state index in [1.165, 1.54) is 0 Å². The summed E-state index contributed by atoms with van der Waals surface area (Å²) in [7, 11) is 0. The first-order valence-corrected chi connectivity index (χ1v) is 9.63. The van der Waals surface area contributed by atoms with Crippen molar-refractivity contribution in [3.63, 3.8) is 0 Å². The summed E-state index contributed by atoms with van der Waals surface area (Å²) in [5.41, 5.74) is 2.02. The van der Waals surface area contributed by atoms with Crippen molar-refractivity contribution in [2.75, 3.05) is 5.32 Å². The zero-order valence-electron chi connectivity index (χ0n) is 16.8. The Morgan fingerprint density at radius 1 is 0.897 bits per heavy atom. The number of anilines is 1. The molecule has 1 N–H and O–H groups in total. The maximum Gasteiger partial charge on any atom is 0.338 e. The number of nitrogens with one attached hydrogen (secondary N) is 1. The van der Waals surface area contributed by atoms with Crippen LogP contribution in [-0.2, 0) is 20.9 Å². The molecule has 0 aliphatic heterocycles. The number of carbonyl (C=O) groups is 2. The smallest absolute Gasteiger partial charge is 0.338 e. The Morgan fingerprint density at radius 3 is 2.28 bits per heavy atom. The SMILES string of the molecule is CC(C)OCc1ccc(C(=O)O[C@@H](C)C(=O)Nc2ccc3ccccc3c2)cc1. The largest absolute Gasteiger partial charge is 0.449 e. The first kappa shape index (κ1) is 20.6. The number of hydrogen-bond acceptors (Lipinski definition) is 4. The van der Waals surface area contributed by atoms with Crippen molar-refractivity contribution in [2.45, 2.75) is 39.6 Å². The van der Waals surface area contributed by atoms with E-state index in [-0.39, 0.29) is 12.0 Å². The number of benzene rings is 3. The fraction of sp³-hybridized carbons (Fsp3) is 0.250. The van der Waals surface area contributed by atoms with Crippen molar-refractivity contribution in [1.82, 2.24) is 0 Å². The molecule has 0 radical (unpaired) electrons. The van der Waals surface area contributed by atoms with Gasteiger partial charge in [0, 0.05) is 5.69 Å². The summed E-state index contributed by atoms with van der Waals surface area (Å²) in [4.78, 5) is 24.7. The van der Waals surface area contributed by atoms with Gasteiger partial charge in [-0.05, 0) is 61.4 Å². The molecule has 0 aromatic heterocycles. The molecule has 1 atom stereocenters. The van der Waals surface area contributed by atoms with E-state index in [1.54, 1.807) is 19.1 Å². The monoisotopic (exact) mass is 391 g/mol. The minimum atomic E-state index is -0.919. The Labute approximate surface area is 170 Å². The maximum atomic E-state index is 12.4. The van der Waals surface area contributed by atoms with Gasteiger partial charge in [-0.2, -0.15) is 0 Å².